The van der Waals surface area contributed by atoms with Crippen molar-refractivity contribution in [1.29, 1.82) is 0 Å². The molecule has 1 aromatic carbocycles. The molecular formula is C12H8N2O2S. The molecule has 17 heavy (non-hydrogen) atoms. The summed E-state index contributed by atoms with van der Waals surface area (Å²) in [6.45, 7) is 0. The van der Waals surface area contributed by atoms with Crippen LogP contribution in [0.15, 0.2) is 62.0 Å². The number of benzene rings is 1. The van der Waals surface area contributed by atoms with Gasteiger partial charge in [-0.1, -0.05) is 30.0 Å². The molecule has 3 aromatic rings. The van der Waals surface area contributed by atoms with E-state index in [0.717, 1.165) is 15.4 Å². The Morgan fingerprint density at radius 1 is 1.29 bits per heavy atom. The van der Waals surface area contributed by atoms with Crippen LogP contribution in [-0.4, -0.2) is 9.97 Å². The molecule has 0 saturated carbocycles. The minimum absolute atomic E-state index is 0.349. The first-order valence-electron chi connectivity index (χ1n) is 5.03. The molecule has 0 aliphatic rings. The monoisotopic (exact) mass is 244 g/mol. The van der Waals surface area contributed by atoms with Gasteiger partial charge in [-0.25, -0.2) is 9.78 Å². The summed E-state index contributed by atoms with van der Waals surface area (Å²) in [4.78, 5) is 19.4. The number of aromatic amines is 1. The van der Waals surface area contributed by atoms with Gasteiger partial charge in [0, 0.05) is 28.7 Å². The van der Waals surface area contributed by atoms with Crippen LogP contribution in [0.3, 0.4) is 0 Å². The van der Waals surface area contributed by atoms with Gasteiger partial charge in [-0.05, 0) is 6.07 Å². The minimum atomic E-state index is -0.349. The molecule has 2 aromatic heterocycles. The molecule has 4 nitrogen and oxygen atoms in total. The molecule has 0 bridgehead atoms. The van der Waals surface area contributed by atoms with Crippen LogP contribution >= 0.6 is 11.8 Å². The highest BCUT2D eigenvalue weighted by Crippen LogP contribution is 2.29. The Morgan fingerprint density at radius 2 is 2.18 bits per heavy atom. The van der Waals surface area contributed by atoms with Gasteiger partial charge < -0.3 is 9.40 Å². The zero-order chi connectivity index (χ0) is 11.7. The normalized spacial score (nSPS) is 10.8. The maximum Gasteiger partial charge on any atom is 0.337 e. The van der Waals surface area contributed by atoms with Crippen LogP contribution < -0.4 is 5.63 Å². The Bertz CT molecular complexity index is 704. The molecule has 0 saturated heterocycles. The minimum Gasteiger partial charge on any atom is -0.423 e. The van der Waals surface area contributed by atoms with E-state index in [0.29, 0.717) is 5.58 Å². The van der Waals surface area contributed by atoms with E-state index < -0.39 is 0 Å². The van der Waals surface area contributed by atoms with Crippen LogP contribution in [0.5, 0.6) is 0 Å². The lowest BCUT2D eigenvalue weighted by Gasteiger charge is -2.02. The summed E-state index contributed by atoms with van der Waals surface area (Å²) in [7, 11) is 0. The molecule has 0 radical (unpaired) electrons. The summed E-state index contributed by atoms with van der Waals surface area (Å²) in [5, 5.41) is 1.66. The van der Waals surface area contributed by atoms with E-state index >= 15 is 0 Å². The number of hydrogen-bond acceptors (Lipinski definition) is 4. The van der Waals surface area contributed by atoms with E-state index in [2.05, 4.69) is 9.97 Å². The molecule has 1 N–H and O–H groups in total. The smallest absolute Gasteiger partial charge is 0.337 e. The van der Waals surface area contributed by atoms with Crippen LogP contribution in [0.4, 0.5) is 0 Å². The number of hydrogen-bond donors (Lipinski definition) is 1. The van der Waals surface area contributed by atoms with Gasteiger partial charge in [0.05, 0.1) is 0 Å². The molecule has 3 rings (SSSR count). The summed E-state index contributed by atoms with van der Waals surface area (Å²) >= 11 is 1.41. The van der Waals surface area contributed by atoms with Gasteiger partial charge in [0.2, 0.25) is 0 Å². The van der Waals surface area contributed by atoms with Crippen molar-refractivity contribution in [2.45, 2.75) is 10.1 Å². The van der Waals surface area contributed by atoms with Crippen LogP contribution in [0.25, 0.3) is 11.0 Å². The molecule has 0 fully saturated rings. The third-order valence-corrected chi connectivity index (χ3v) is 3.27. The number of rotatable bonds is 2. The fraction of sp³-hybridized carbons (Fsp3) is 0. The quantitative estimate of drug-likeness (QED) is 0.704. The molecule has 0 amide bonds. The van der Waals surface area contributed by atoms with E-state index in [4.69, 9.17) is 4.42 Å². The van der Waals surface area contributed by atoms with Crippen molar-refractivity contribution in [3.05, 3.63) is 53.1 Å². The molecule has 0 aliphatic carbocycles. The number of fused-ring (bicyclic) bond motifs is 1. The van der Waals surface area contributed by atoms with Crippen molar-refractivity contribution >= 4 is 22.7 Å². The fourth-order valence-corrected chi connectivity index (χ4v) is 2.46. The highest BCUT2D eigenvalue weighted by Gasteiger charge is 2.07. The van der Waals surface area contributed by atoms with Crippen LogP contribution in [0, 0.1) is 0 Å². The van der Waals surface area contributed by atoms with Crippen molar-refractivity contribution < 1.29 is 4.42 Å². The summed E-state index contributed by atoms with van der Waals surface area (Å²) in [5.74, 6) is 0. The second-order valence-corrected chi connectivity index (χ2v) is 4.45. The molecule has 84 valence electrons. The Kier molecular flexibility index (Phi) is 2.45. The maximum atomic E-state index is 11.4. The van der Waals surface area contributed by atoms with Crippen molar-refractivity contribution in [3.8, 4) is 0 Å². The number of nitrogens with zero attached hydrogens (tertiary/aromatic N) is 1. The first-order chi connectivity index (χ1) is 8.33. The number of para-hydroxylation sites is 1. The van der Waals surface area contributed by atoms with Crippen molar-refractivity contribution in [1.82, 2.24) is 9.97 Å². The standard InChI is InChI=1S/C12H8N2O2S/c15-11-7-10(17-12-13-5-6-14-12)8-3-1-2-4-9(8)16-11/h1-7H,(H,13,14). The Morgan fingerprint density at radius 3 is 3.00 bits per heavy atom. The maximum absolute atomic E-state index is 11.4. The zero-order valence-electron chi connectivity index (χ0n) is 8.71. The van der Waals surface area contributed by atoms with Crippen LogP contribution in [0.1, 0.15) is 0 Å². The van der Waals surface area contributed by atoms with Crippen molar-refractivity contribution in [2.24, 2.45) is 0 Å². The molecule has 0 aliphatic heterocycles. The highest BCUT2D eigenvalue weighted by atomic mass is 32.2. The molecule has 2 heterocycles. The number of aromatic nitrogens is 2. The van der Waals surface area contributed by atoms with E-state index in [1.807, 2.05) is 18.2 Å². The predicted molar refractivity (Wildman–Crippen MR) is 65.2 cm³/mol. The van der Waals surface area contributed by atoms with E-state index in [1.54, 1.807) is 18.5 Å². The Hall–Kier alpha value is -2.01. The number of nitrogens with one attached hydrogen (secondary N) is 1. The third-order valence-electron chi connectivity index (χ3n) is 2.29. The Labute approximate surface area is 101 Å². The first kappa shape index (κ1) is 10.2. The van der Waals surface area contributed by atoms with Gasteiger partial charge in [0.1, 0.15) is 5.58 Å². The molecule has 0 unspecified atom stereocenters. The third kappa shape index (κ3) is 1.97. The molecule has 5 heteroatoms. The second-order valence-electron chi connectivity index (χ2n) is 3.42. The Balaban J connectivity index is 2.18. The summed E-state index contributed by atoms with van der Waals surface area (Å²) in [5.41, 5.74) is 0.242. The van der Waals surface area contributed by atoms with Crippen LogP contribution in [0.2, 0.25) is 0 Å². The fourth-order valence-electron chi connectivity index (χ4n) is 1.58. The van der Waals surface area contributed by atoms with Gasteiger partial charge >= 0.3 is 5.63 Å². The van der Waals surface area contributed by atoms with Crippen LogP contribution in [-0.2, 0) is 0 Å². The first-order valence-corrected chi connectivity index (χ1v) is 5.85. The lowest BCUT2D eigenvalue weighted by atomic mass is 10.2. The molecule has 0 atom stereocenters. The SMILES string of the molecule is O=c1cc(Sc2ncc[nH]2)c2ccccc2o1. The lowest BCUT2D eigenvalue weighted by molar-refractivity contribution is 0.557. The summed E-state index contributed by atoms with van der Waals surface area (Å²) in [6, 6.07) is 8.93. The summed E-state index contributed by atoms with van der Waals surface area (Å²) < 4.78 is 5.12. The summed E-state index contributed by atoms with van der Waals surface area (Å²) in [6.07, 6.45) is 3.42. The molecule has 0 spiro atoms. The van der Waals surface area contributed by atoms with Gasteiger partial charge in [0.25, 0.3) is 0 Å². The van der Waals surface area contributed by atoms with Gasteiger partial charge in [-0.15, -0.1) is 0 Å². The lowest BCUT2D eigenvalue weighted by Crippen LogP contribution is -1.97. The van der Waals surface area contributed by atoms with E-state index in [9.17, 15) is 4.79 Å². The predicted octanol–water partition coefficient (Wildman–Crippen LogP) is 2.67. The van der Waals surface area contributed by atoms with Gasteiger partial charge in [0.15, 0.2) is 5.16 Å². The average molecular weight is 244 g/mol. The van der Waals surface area contributed by atoms with E-state index in [-0.39, 0.29) is 5.63 Å². The average Bonchev–Trinajstić information content (AvgIpc) is 2.81. The van der Waals surface area contributed by atoms with Crippen molar-refractivity contribution in [2.75, 3.05) is 0 Å². The van der Waals surface area contributed by atoms with Crippen molar-refractivity contribution in [3.63, 3.8) is 0 Å². The zero-order valence-corrected chi connectivity index (χ0v) is 9.53. The largest absolute Gasteiger partial charge is 0.423 e. The highest BCUT2D eigenvalue weighted by molar-refractivity contribution is 7.99. The van der Waals surface area contributed by atoms with Gasteiger partial charge in [-0.3, -0.25) is 0 Å². The topological polar surface area (TPSA) is 58.9 Å². The van der Waals surface area contributed by atoms with E-state index in [1.165, 1.54) is 17.8 Å². The molecular weight excluding hydrogens is 236 g/mol. The van der Waals surface area contributed by atoms with Gasteiger partial charge in [-0.2, -0.15) is 0 Å². The second kappa shape index (κ2) is 4.10. The number of H-pyrrole nitrogens is 1. The number of imidazole rings is 1.